The number of carbonyl (C=O) groups excluding carboxylic acids is 1. The van der Waals surface area contributed by atoms with Crippen molar-refractivity contribution in [2.75, 3.05) is 0 Å². The van der Waals surface area contributed by atoms with Crippen LogP contribution in [0.1, 0.15) is 45.9 Å². The first kappa shape index (κ1) is 19.3. The lowest BCUT2D eigenvalue weighted by Gasteiger charge is -2.14. The molecule has 7 heteroatoms. The van der Waals surface area contributed by atoms with E-state index in [0.717, 1.165) is 11.3 Å². The number of hydrogen-bond donors (Lipinski definition) is 2. The van der Waals surface area contributed by atoms with Gasteiger partial charge in [0.05, 0.1) is 11.3 Å². The fourth-order valence-electron chi connectivity index (χ4n) is 2.83. The predicted molar refractivity (Wildman–Crippen MR) is 105 cm³/mol. The normalized spacial score (nSPS) is 11.7. The summed E-state index contributed by atoms with van der Waals surface area (Å²) in [6, 6.07) is 8.87. The molecule has 0 fully saturated rings. The third-order valence-corrected chi connectivity index (χ3v) is 4.35. The van der Waals surface area contributed by atoms with Crippen LogP contribution in [0.3, 0.4) is 0 Å². The lowest BCUT2D eigenvalue weighted by molar-refractivity contribution is 0.0950. The molecule has 28 heavy (non-hydrogen) atoms. The first-order valence-electron chi connectivity index (χ1n) is 8.94. The Balaban J connectivity index is 1.63. The van der Waals surface area contributed by atoms with Crippen molar-refractivity contribution in [1.82, 2.24) is 20.3 Å². The summed E-state index contributed by atoms with van der Waals surface area (Å²) in [5.41, 5.74) is 3.12. The van der Waals surface area contributed by atoms with E-state index in [1.54, 1.807) is 36.7 Å². The zero-order chi connectivity index (χ0) is 20.1. The second kappa shape index (κ2) is 8.47. The molecule has 0 aromatic carbocycles. The topological polar surface area (TPSA) is 97.0 Å². The number of amides is 1. The van der Waals surface area contributed by atoms with Gasteiger partial charge >= 0.3 is 0 Å². The zero-order valence-electron chi connectivity index (χ0n) is 16.0. The van der Waals surface area contributed by atoms with Crippen LogP contribution in [0.25, 0.3) is 0 Å². The zero-order valence-corrected chi connectivity index (χ0v) is 16.0. The van der Waals surface area contributed by atoms with Crippen molar-refractivity contribution in [3.05, 3.63) is 87.4 Å². The molecule has 1 unspecified atom stereocenters. The summed E-state index contributed by atoms with van der Waals surface area (Å²) >= 11 is 0. The molecule has 1 atom stereocenters. The Morgan fingerprint density at radius 3 is 2.61 bits per heavy atom. The lowest BCUT2D eigenvalue weighted by Crippen LogP contribution is -2.28. The van der Waals surface area contributed by atoms with E-state index in [0.29, 0.717) is 22.6 Å². The number of pyridine rings is 3. The highest BCUT2D eigenvalue weighted by Crippen LogP contribution is 2.19. The average molecular weight is 378 g/mol. The van der Waals surface area contributed by atoms with E-state index in [1.165, 1.54) is 6.20 Å². The summed E-state index contributed by atoms with van der Waals surface area (Å²) in [6.07, 6.45) is 4.55. The van der Waals surface area contributed by atoms with Crippen molar-refractivity contribution in [1.29, 1.82) is 0 Å². The van der Waals surface area contributed by atoms with Gasteiger partial charge < -0.3 is 15.0 Å². The highest BCUT2D eigenvalue weighted by molar-refractivity contribution is 5.93. The standard InChI is InChI=1S/C21H22N4O3/c1-13-10-14(2)25-21(27)18(13)12-24-20(26)16-4-5-19(23-11-16)15(3)28-17-6-8-22-9-7-17/h4-11,15H,12H2,1-3H3,(H,24,26)(H,25,27). The molecule has 0 spiro atoms. The number of carbonyl (C=O) groups is 1. The molecule has 3 aromatic rings. The van der Waals surface area contributed by atoms with Crippen molar-refractivity contribution in [3.63, 3.8) is 0 Å². The average Bonchev–Trinajstić information content (AvgIpc) is 2.68. The van der Waals surface area contributed by atoms with Crippen LogP contribution in [0.2, 0.25) is 0 Å². The van der Waals surface area contributed by atoms with Crippen LogP contribution in [0, 0.1) is 13.8 Å². The molecule has 3 rings (SSSR count). The minimum absolute atomic E-state index is 0.156. The maximum absolute atomic E-state index is 12.4. The monoisotopic (exact) mass is 378 g/mol. The van der Waals surface area contributed by atoms with E-state index in [-0.39, 0.29) is 24.1 Å². The van der Waals surface area contributed by atoms with E-state index in [2.05, 4.69) is 20.3 Å². The number of nitrogens with one attached hydrogen (secondary N) is 2. The Morgan fingerprint density at radius 2 is 1.96 bits per heavy atom. The van der Waals surface area contributed by atoms with Gasteiger partial charge in [-0.05, 0) is 56.7 Å². The van der Waals surface area contributed by atoms with Crippen LogP contribution < -0.4 is 15.6 Å². The number of H-pyrrole nitrogens is 1. The molecule has 0 aliphatic rings. The predicted octanol–water partition coefficient (Wildman–Crippen LogP) is 2.85. The minimum atomic E-state index is -0.291. The highest BCUT2D eigenvalue weighted by Gasteiger charge is 2.12. The minimum Gasteiger partial charge on any atom is -0.484 e. The second-order valence-corrected chi connectivity index (χ2v) is 6.54. The molecular formula is C21H22N4O3. The van der Waals surface area contributed by atoms with Gasteiger partial charge in [-0.3, -0.25) is 19.6 Å². The smallest absolute Gasteiger partial charge is 0.253 e. The van der Waals surface area contributed by atoms with Crippen molar-refractivity contribution >= 4 is 5.91 Å². The molecule has 144 valence electrons. The van der Waals surface area contributed by atoms with E-state index < -0.39 is 0 Å². The van der Waals surface area contributed by atoms with Gasteiger partial charge in [-0.15, -0.1) is 0 Å². The van der Waals surface area contributed by atoms with Crippen molar-refractivity contribution in [2.24, 2.45) is 0 Å². The summed E-state index contributed by atoms with van der Waals surface area (Å²) in [4.78, 5) is 35.4. The van der Waals surface area contributed by atoms with Crippen molar-refractivity contribution in [3.8, 4) is 5.75 Å². The largest absolute Gasteiger partial charge is 0.484 e. The maximum atomic E-state index is 12.4. The van der Waals surface area contributed by atoms with Gasteiger partial charge in [0, 0.05) is 36.4 Å². The summed E-state index contributed by atoms with van der Waals surface area (Å²) in [5, 5.41) is 2.77. The molecule has 3 aromatic heterocycles. The molecule has 2 N–H and O–H groups in total. The molecule has 0 radical (unpaired) electrons. The van der Waals surface area contributed by atoms with E-state index in [4.69, 9.17) is 4.74 Å². The Hall–Kier alpha value is -3.48. The molecular weight excluding hydrogens is 356 g/mol. The highest BCUT2D eigenvalue weighted by atomic mass is 16.5. The number of aryl methyl sites for hydroxylation is 2. The first-order chi connectivity index (χ1) is 13.4. The molecule has 1 amide bonds. The SMILES string of the molecule is Cc1cc(C)c(CNC(=O)c2ccc(C(C)Oc3ccncc3)nc2)c(=O)[nH]1. The van der Waals surface area contributed by atoms with Gasteiger partial charge in [-0.1, -0.05) is 0 Å². The van der Waals surface area contributed by atoms with Gasteiger partial charge in [-0.2, -0.15) is 0 Å². The van der Waals surface area contributed by atoms with Gasteiger partial charge in [0.15, 0.2) is 0 Å². The van der Waals surface area contributed by atoms with E-state index in [1.807, 2.05) is 26.8 Å². The van der Waals surface area contributed by atoms with Crippen LogP contribution in [-0.4, -0.2) is 20.9 Å². The molecule has 0 saturated heterocycles. The lowest BCUT2D eigenvalue weighted by atomic mass is 10.1. The van der Waals surface area contributed by atoms with Crippen LogP contribution in [0.15, 0.2) is 53.7 Å². The van der Waals surface area contributed by atoms with Gasteiger partial charge in [0.2, 0.25) is 0 Å². The number of hydrogen-bond acceptors (Lipinski definition) is 5. The summed E-state index contributed by atoms with van der Waals surface area (Å²) < 4.78 is 5.80. The molecule has 0 saturated carbocycles. The molecule has 0 aliphatic carbocycles. The Morgan fingerprint density at radius 1 is 1.21 bits per heavy atom. The van der Waals surface area contributed by atoms with Gasteiger partial charge in [0.1, 0.15) is 11.9 Å². The number of ether oxygens (including phenoxy) is 1. The Bertz CT molecular complexity index is 1010. The third kappa shape index (κ3) is 4.62. The first-order valence-corrected chi connectivity index (χ1v) is 8.94. The molecule has 3 heterocycles. The quantitative estimate of drug-likeness (QED) is 0.687. The van der Waals surface area contributed by atoms with Crippen LogP contribution in [0.5, 0.6) is 5.75 Å². The molecule has 0 bridgehead atoms. The van der Waals surface area contributed by atoms with Crippen LogP contribution in [0.4, 0.5) is 0 Å². The molecule has 0 aliphatic heterocycles. The van der Waals surface area contributed by atoms with Crippen LogP contribution in [-0.2, 0) is 6.54 Å². The summed E-state index contributed by atoms with van der Waals surface area (Å²) in [6.45, 7) is 5.71. The summed E-state index contributed by atoms with van der Waals surface area (Å²) in [5.74, 6) is 0.408. The number of aromatic nitrogens is 3. The fourth-order valence-corrected chi connectivity index (χ4v) is 2.83. The summed E-state index contributed by atoms with van der Waals surface area (Å²) in [7, 11) is 0. The van der Waals surface area contributed by atoms with E-state index in [9.17, 15) is 9.59 Å². The number of aromatic amines is 1. The van der Waals surface area contributed by atoms with Gasteiger partial charge in [0.25, 0.3) is 11.5 Å². The fraction of sp³-hybridized carbons (Fsp3) is 0.238. The Labute approximate surface area is 162 Å². The number of nitrogens with zero attached hydrogens (tertiary/aromatic N) is 2. The number of rotatable bonds is 6. The Kier molecular flexibility index (Phi) is 5.84. The van der Waals surface area contributed by atoms with Crippen molar-refractivity contribution < 1.29 is 9.53 Å². The third-order valence-electron chi connectivity index (χ3n) is 4.35. The molecule has 7 nitrogen and oxygen atoms in total. The van der Waals surface area contributed by atoms with E-state index >= 15 is 0 Å². The van der Waals surface area contributed by atoms with Crippen LogP contribution >= 0.6 is 0 Å². The van der Waals surface area contributed by atoms with Gasteiger partial charge in [-0.25, -0.2) is 0 Å². The van der Waals surface area contributed by atoms with Crippen molar-refractivity contribution in [2.45, 2.75) is 33.4 Å². The second-order valence-electron chi connectivity index (χ2n) is 6.54. The maximum Gasteiger partial charge on any atom is 0.253 e.